The van der Waals surface area contributed by atoms with Gasteiger partial charge in [-0.15, -0.1) is 11.8 Å². The zero-order valence-corrected chi connectivity index (χ0v) is 23.7. The number of halogens is 2. The third-order valence-corrected chi connectivity index (χ3v) is 8.70. The number of fused-ring (bicyclic) bond motifs is 1. The average Bonchev–Trinajstić information content (AvgIpc) is 3.62. The van der Waals surface area contributed by atoms with E-state index < -0.39 is 0 Å². The van der Waals surface area contributed by atoms with Crippen molar-refractivity contribution < 1.29 is 18.7 Å². The second-order valence-electron chi connectivity index (χ2n) is 10.0. The van der Waals surface area contributed by atoms with Gasteiger partial charge in [0.25, 0.3) is 0 Å². The lowest BCUT2D eigenvalue weighted by Gasteiger charge is -2.23. The van der Waals surface area contributed by atoms with E-state index in [9.17, 15) is 14.0 Å². The molecule has 2 aliphatic heterocycles. The summed E-state index contributed by atoms with van der Waals surface area (Å²) >= 11 is 7.88. The van der Waals surface area contributed by atoms with E-state index >= 15 is 0 Å². The first kappa shape index (κ1) is 27.5. The molecule has 1 fully saturated rings. The van der Waals surface area contributed by atoms with Gasteiger partial charge in [-0.2, -0.15) is 5.10 Å². The van der Waals surface area contributed by atoms with Gasteiger partial charge in [-0.05, 0) is 54.8 Å². The number of benzene rings is 3. The van der Waals surface area contributed by atoms with Crippen molar-refractivity contribution in [3.05, 3.63) is 101 Å². The lowest BCUT2D eigenvalue weighted by molar-refractivity contribution is -0.123. The number of carbonyl (C=O) groups excluding carboxylic acids is 2. The van der Waals surface area contributed by atoms with Crippen LogP contribution >= 0.6 is 23.4 Å². The van der Waals surface area contributed by atoms with Crippen molar-refractivity contribution in [1.82, 2.24) is 15.1 Å². The Morgan fingerprint density at radius 3 is 2.63 bits per heavy atom. The van der Waals surface area contributed by atoms with Crippen molar-refractivity contribution in [3.8, 4) is 16.9 Å². The molecule has 0 spiro atoms. The first-order valence-corrected chi connectivity index (χ1v) is 14.9. The molecule has 3 aromatic carbocycles. The zero-order chi connectivity index (χ0) is 28.3. The molecule has 0 bridgehead atoms. The van der Waals surface area contributed by atoms with E-state index in [0.29, 0.717) is 35.4 Å². The second kappa shape index (κ2) is 12.1. The molecule has 210 valence electrons. The monoisotopic (exact) mass is 590 g/mol. The van der Waals surface area contributed by atoms with Crippen LogP contribution in [0, 0.1) is 5.82 Å². The Kier molecular flexibility index (Phi) is 8.09. The lowest BCUT2D eigenvalue weighted by atomic mass is 9.99. The summed E-state index contributed by atoms with van der Waals surface area (Å²) in [4.78, 5) is 28.5. The van der Waals surface area contributed by atoms with Crippen LogP contribution in [-0.2, 0) is 14.3 Å². The first-order chi connectivity index (χ1) is 20.0. The molecule has 0 saturated carbocycles. The van der Waals surface area contributed by atoms with Crippen LogP contribution in [0.2, 0.25) is 5.02 Å². The fourth-order valence-corrected chi connectivity index (χ4v) is 6.64. The van der Waals surface area contributed by atoms with Crippen LogP contribution in [0.25, 0.3) is 16.9 Å². The highest BCUT2D eigenvalue weighted by Crippen LogP contribution is 2.48. The minimum Gasteiger partial charge on any atom is -0.376 e. The van der Waals surface area contributed by atoms with E-state index in [1.165, 1.54) is 28.8 Å². The number of anilines is 1. The highest BCUT2D eigenvalue weighted by Gasteiger charge is 2.38. The Bertz CT molecular complexity index is 1560. The van der Waals surface area contributed by atoms with Gasteiger partial charge in [0, 0.05) is 29.3 Å². The highest BCUT2D eigenvalue weighted by molar-refractivity contribution is 8.00. The van der Waals surface area contributed by atoms with E-state index in [2.05, 4.69) is 5.32 Å². The smallest absolute Gasteiger partial charge is 0.240 e. The first-order valence-electron chi connectivity index (χ1n) is 13.5. The van der Waals surface area contributed by atoms with Crippen molar-refractivity contribution in [2.75, 3.05) is 30.3 Å². The maximum atomic E-state index is 13.9. The summed E-state index contributed by atoms with van der Waals surface area (Å²) in [5.41, 5.74) is 3.79. The molecule has 4 aromatic rings. The number of nitrogens with zero attached hydrogens (tertiary/aromatic N) is 3. The van der Waals surface area contributed by atoms with Gasteiger partial charge in [0.15, 0.2) is 0 Å². The Labute approximate surface area is 246 Å². The highest BCUT2D eigenvalue weighted by atomic mass is 35.5. The Morgan fingerprint density at radius 1 is 1.10 bits per heavy atom. The van der Waals surface area contributed by atoms with Gasteiger partial charge in [0.2, 0.25) is 11.8 Å². The van der Waals surface area contributed by atoms with Crippen LogP contribution in [0.4, 0.5) is 10.2 Å². The number of ether oxygens (including phenoxy) is 1. The van der Waals surface area contributed by atoms with Crippen molar-refractivity contribution in [2.24, 2.45) is 0 Å². The Morgan fingerprint density at radius 2 is 1.90 bits per heavy atom. The van der Waals surface area contributed by atoms with E-state index in [4.69, 9.17) is 21.4 Å². The van der Waals surface area contributed by atoms with E-state index in [1.807, 2.05) is 54.6 Å². The number of hydrogen-bond acceptors (Lipinski definition) is 5. The molecule has 10 heteroatoms. The fraction of sp³-hybridized carbons (Fsp3) is 0.258. The number of carbonyl (C=O) groups is 2. The molecule has 2 atom stereocenters. The number of thioether (sulfide) groups is 1. The van der Waals surface area contributed by atoms with Gasteiger partial charge in [-0.1, -0.05) is 54.1 Å². The molecule has 1 N–H and O–H groups in total. The standard InChI is InChI=1S/C31H28ClFN4O3S/c32-22-9-4-8-21(16-22)30-28-29(20-6-2-1-3-7-20)35-37(24-13-11-23(33)12-14-24)31(28)36(27(39)19-41-30)18-26(38)34-17-25-10-5-15-40-25/h1-4,6-9,11-14,16,25,30H,5,10,15,17-19H2,(H,34,38). The van der Waals surface area contributed by atoms with Gasteiger partial charge < -0.3 is 10.1 Å². The largest absolute Gasteiger partial charge is 0.376 e. The summed E-state index contributed by atoms with van der Waals surface area (Å²) in [6, 6.07) is 23.2. The topological polar surface area (TPSA) is 76.5 Å². The van der Waals surface area contributed by atoms with Crippen LogP contribution in [-0.4, -0.2) is 53.1 Å². The van der Waals surface area contributed by atoms with Crippen LogP contribution in [0.1, 0.15) is 29.2 Å². The maximum absolute atomic E-state index is 13.9. The molecule has 2 unspecified atom stereocenters. The average molecular weight is 591 g/mol. The van der Waals surface area contributed by atoms with Crippen molar-refractivity contribution in [2.45, 2.75) is 24.2 Å². The molecule has 41 heavy (non-hydrogen) atoms. The Hall–Kier alpha value is -3.66. The van der Waals surface area contributed by atoms with Crippen LogP contribution in [0.5, 0.6) is 0 Å². The third-order valence-electron chi connectivity index (χ3n) is 7.21. The number of rotatable bonds is 7. The maximum Gasteiger partial charge on any atom is 0.240 e. The summed E-state index contributed by atoms with van der Waals surface area (Å²) in [5.74, 6) is -0.287. The number of nitrogens with one attached hydrogen (secondary N) is 1. The van der Waals surface area contributed by atoms with Crippen LogP contribution in [0.3, 0.4) is 0 Å². The van der Waals surface area contributed by atoms with E-state index in [1.54, 1.807) is 16.8 Å². The lowest BCUT2D eigenvalue weighted by Crippen LogP contribution is -2.44. The summed E-state index contributed by atoms with van der Waals surface area (Å²) in [6.45, 7) is 0.887. The molecule has 2 aliphatic rings. The number of hydrogen-bond donors (Lipinski definition) is 1. The van der Waals surface area contributed by atoms with Gasteiger partial charge >= 0.3 is 0 Å². The van der Waals surface area contributed by atoms with Crippen molar-refractivity contribution in [3.63, 3.8) is 0 Å². The van der Waals surface area contributed by atoms with Crippen LogP contribution < -0.4 is 10.2 Å². The van der Waals surface area contributed by atoms with Gasteiger partial charge in [0.05, 0.1) is 28.5 Å². The van der Waals surface area contributed by atoms with E-state index in [-0.39, 0.29) is 41.3 Å². The molecular formula is C31H28ClFN4O3S. The summed E-state index contributed by atoms with van der Waals surface area (Å²) in [7, 11) is 0. The minimum atomic E-state index is -0.385. The molecule has 6 rings (SSSR count). The summed E-state index contributed by atoms with van der Waals surface area (Å²) in [6.07, 6.45) is 1.84. The molecule has 1 aromatic heterocycles. The van der Waals surface area contributed by atoms with Gasteiger partial charge in [-0.25, -0.2) is 9.07 Å². The molecule has 7 nitrogen and oxygen atoms in total. The predicted octanol–water partition coefficient (Wildman–Crippen LogP) is 5.80. The minimum absolute atomic E-state index is 0.0217. The Balaban J connectivity index is 1.51. The number of aromatic nitrogens is 2. The van der Waals surface area contributed by atoms with E-state index in [0.717, 1.165) is 29.5 Å². The summed E-state index contributed by atoms with van der Waals surface area (Å²) in [5, 5.41) is 8.22. The molecule has 0 radical (unpaired) electrons. The fourth-order valence-electron chi connectivity index (χ4n) is 5.26. The van der Waals surface area contributed by atoms with Gasteiger partial charge in [0.1, 0.15) is 18.2 Å². The molecular weight excluding hydrogens is 563 g/mol. The zero-order valence-electron chi connectivity index (χ0n) is 22.1. The third kappa shape index (κ3) is 5.88. The molecule has 2 amide bonds. The van der Waals surface area contributed by atoms with Crippen molar-refractivity contribution in [1.29, 1.82) is 0 Å². The molecule has 1 saturated heterocycles. The SMILES string of the molecule is O=C(CN1C(=O)CSC(c2cccc(Cl)c2)c2c(-c3ccccc3)nn(-c3ccc(F)cc3)c21)NCC1CCCO1. The van der Waals surface area contributed by atoms with Gasteiger partial charge in [-0.3, -0.25) is 14.5 Å². The normalized spacial score (nSPS) is 18.7. The predicted molar refractivity (Wildman–Crippen MR) is 159 cm³/mol. The van der Waals surface area contributed by atoms with Crippen molar-refractivity contribution >= 4 is 41.0 Å². The molecule has 3 heterocycles. The van der Waals surface area contributed by atoms with Crippen LogP contribution in [0.15, 0.2) is 78.9 Å². The molecule has 0 aliphatic carbocycles. The second-order valence-corrected chi connectivity index (χ2v) is 11.5. The quantitative estimate of drug-likeness (QED) is 0.295. The summed E-state index contributed by atoms with van der Waals surface area (Å²) < 4.78 is 21.2. The number of amides is 2.